The van der Waals surface area contributed by atoms with E-state index in [0.29, 0.717) is 6.61 Å². The standard InChI is InChI=1S/C18H16O2/c1-19-16-9-7-15(8-10-16)17-11-12-20-18(17)13-14-5-3-2-4-6-14/h2-11,13H,12H2,1H3. The second kappa shape index (κ2) is 5.66. The van der Waals surface area contributed by atoms with Gasteiger partial charge >= 0.3 is 0 Å². The van der Waals surface area contributed by atoms with E-state index in [-0.39, 0.29) is 0 Å². The lowest BCUT2D eigenvalue weighted by Gasteiger charge is -2.07. The third-order valence-electron chi connectivity index (χ3n) is 3.29. The first kappa shape index (κ1) is 12.5. The Bertz CT molecular complexity index is 637. The zero-order valence-corrected chi connectivity index (χ0v) is 11.4. The van der Waals surface area contributed by atoms with Crippen LogP contribution in [0.3, 0.4) is 0 Å². The summed E-state index contributed by atoms with van der Waals surface area (Å²) in [6.45, 7) is 0.625. The van der Waals surface area contributed by atoms with E-state index in [0.717, 1.165) is 28.2 Å². The molecular formula is C18H16O2. The van der Waals surface area contributed by atoms with Gasteiger partial charge in [-0.05, 0) is 35.4 Å². The Morgan fingerprint density at radius 3 is 2.45 bits per heavy atom. The second-order valence-corrected chi connectivity index (χ2v) is 4.58. The molecule has 0 unspecified atom stereocenters. The lowest BCUT2D eigenvalue weighted by Crippen LogP contribution is -1.89. The number of allylic oxidation sites excluding steroid dienone is 1. The first-order valence-electron chi connectivity index (χ1n) is 6.61. The Balaban J connectivity index is 1.90. The maximum atomic E-state index is 5.72. The van der Waals surface area contributed by atoms with Gasteiger partial charge in [-0.25, -0.2) is 0 Å². The van der Waals surface area contributed by atoms with Crippen LogP contribution in [0.25, 0.3) is 11.6 Å². The molecule has 20 heavy (non-hydrogen) atoms. The van der Waals surface area contributed by atoms with E-state index in [4.69, 9.17) is 9.47 Å². The van der Waals surface area contributed by atoms with Crippen molar-refractivity contribution in [2.24, 2.45) is 0 Å². The largest absolute Gasteiger partial charge is 0.497 e. The van der Waals surface area contributed by atoms with Gasteiger partial charge in [0.15, 0.2) is 0 Å². The van der Waals surface area contributed by atoms with Crippen molar-refractivity contribution in [2.45, 2.75) is 0 Å². The zero-order chi connectivity index (χ0) is 13.8. The van der Waals surface area contributed by atoms with E-state index in [1.807, 2.05) is 30.3 Å². The number of benzene rings is 2. The highest BCUT2D eigenvalue weighted by molar-refractivity contribution is 5.84. The molecule has 0 saturated heterocycles. The molecule has 0 saturated carbocycles. The lowest BCUT2D eigenvalue weighted by molar-refractivity contribution is 0.284. The molecule has 2 aromatic carbocycles. The smallest absolute Gasteiger partial charge is 0.128 e. The molecular weight excluding hydrogens is 248 g/mol. The van der Waals surface area contributed by atoms with Crippen LogP contribution in [0.2, 0.25) is 0 Å². The summed E-state index contributed by atoms with van der Waals surface area (Å²) in [6, 6.07) is 18.2. The van der Waals surface area contributed by atoms with Crippen molar-refractivity contribution in [2.75, 3.05) is 13.7 Å². The minimum absolute atomic E-state index is 0.625. The Hall–Kier alpha value is -2.48. The van der Waals surface area contributed by atoms with Gasteiger partial charge in [0.25, 0.3) is 0 Å². The van der Waals surface area contributed by atoms with Crippen molar-refractivity contribution >= 4 is 11.6 Å². The van der Waals surface area contributed by atoms with Crippen molar-refractivity contribution in [3.8, 4) is 5.75 Å². The summed E-state index contributed by atoms with van der Waals surface area (Å²) in [4.78, 5) is 0. The van der Waals surface area contributed by atoms with Crippen LogP contribution in [0.4, 0.5) is 0 Å². The Morgan fingerprint density at radius 1 is 1.00 bits per heavy atom. The topological polar surface area (TPSA) is 18.5 Å². The van der Waals surface area contributed by atoms with Gasteiger partial charge in [0.1, 0.15) is 18.1 Å². The van der Waals surface area contributed by atoms with E-state index < -0.39 is 0 Å². The average molecular weight is 264 g/mol. The fraction of sp³-hybridized carbons (Fsp3) is 0.111. The number of hydrogen-bond donors (Lipinski definition) is 0. The number of rotatable bonds is 3. The monoisotopic (exact) mass is 264 g/mol. The van der Waals surface area contributed by atoms with Crippen LogP contribution in [0.5, 0.6) is 5.75 Å². The summed E-state index contributed by atoms with van der Waals surface area (Å²) in [5.74, 6) is 1.78. The highest BCUT2D eigenvalue weighted by atomic mass is 16.5. The maximum Gasteiger partial charge on any atom is 0.128 e. The van der Waals surface area contributed by atoms with Gasteiger partial charge in [-0.2, -0.15) is 0 Å². The number of ether oxygens (including phenoxy) is 2. The first-order chi connectivity index (χ1) is 9.86. The van der Waals surface area contributed by atoms with Gasteiger partial charge in [-0.3, -0.25) is 0 Å². The van der Waals surface area contributed by atoms with Crippen LogP contribution in [0, 0.1) is 0 Å². The molecule has 2 aromatic rings. The van der Waals surface area contributed by atoms with Crippen LogP contribution >= 0.6 is 0 Å². The molecule has 100 valence electrons. The van der Waals surface area contributed by atoms with E-state index in [1.165, 1.54) is 0 Å². The van der Waals surface area contributed by atoms with Crippen molar-refractivity contribution in [3.63, 3.8) is 0 Å². The van der Waals surface area contributed by atoms with Crippen LogP contribution in [-0.2, 0) is 4.74 Å². The summed E-state index contributed by atoms with van der Waals surface area (Å²) in [5.41, 5.74) is 3.42. The van der Waals surface area contributed by atoms with Gasteiger partial charge < -0.3 is 9.47 Å². The van der Waals surface area contributed by atoms with Crippen LogP contribution < -0.4 is 4.74 Å². The normalized spacial score (nSPS) is 15.8. The molecule has 0 aromatic heterocycles. The summed E-state index contributed by atoms with van der Waals surface area (Å²) >= 11 is 0. The number of methoxy groups -OCH3 is 1. The fourth-order valence-electron chi connectivity index (χ4n) is 2.24. The molecule has 0 amide bonds. The second-order valence-electron chi connectivity index (χ2n) is 4.58. The van der Waals surface area contributed by atoms with E-state index in [2.05, 4.69) is 36.4 Å². The Labute approximate surface area is 119 Å². The Morgan fingerprint density at radius 2 is 1.75 bits per heavy atom. The first-order valence-corrected chi connectivity index (χ1v) is 6.61. The molecule has 1 heterocycles. The third kappa shape index (κ3) is 2.59. The molecule has 0 atom stereocenters. The average Bonchev–Trinajstić information content (AvgIpc) is 2.96. The van der Waals surface area contributed by atoms with Gasteiger partial charge in [0, 0.05) is 5.57 Å². The minimum atomic E-state index is 0.625. The third-order valence-corrected chi connectivity index (χ3v) is 3.29. The number of hydrogen-bond acceptors (Lipinski definition) is 2. The van der Waals surface area contributed by atoms with E-state index in [1.54, 1.807) is 7.11 Å². The highest BCUT2D eigenvalue weighted by Crippen LogP contribution is 2.31. The van der Waals surface area contributed by atoms with Crippen molar-refractivity contribution < 1.29 is 9.47 Å². The summed E-state index contributed by atoms with van der Waals surface area (Å²) in [7, 11) is 1.67. The maximum absolute atomic E-state index is 5.72. The summed E-state index contributed by atoms with van der Waals surface area (Å²) in [5, 5.41) is 0. The van der Waals surface area contributed by atoms with Crippen molar-refractivity contribution in [1.82, 2.24) is 0 Å². The molecule has 2 heteroatoms. The molecule has 0 bridgehead atoms. The predicted octanol–water partition coefficient (Wildman–Crippen LogP) is 4.15. The van der Waals surface area contributed by atoms with E-state index >= 15 is 0 Å². The minimum Gasteiger partial charge on any atom is -0.497 e. The van der Waals surface area contributed by atoms with Crippen molar-refractivity contribution in [3.05, 3.63) is 77.6 Å². The van der Waals surface area contributed by atoms with Gasteiger partial charge in [-0.1, -0.05) is 42.5 Å². The van der Waals surface area contributed by atoms with Gasteiger partial charge in [0.2, 0.25) is 0 Å². The molecule has 1 aliphatic rings. The summed E-state index contributed by atoms with van der Waals surface area (Å²) in [6.07, 6.45) is 4.18. The fourth-order valence-corrected chi connectivity index (χ4v) is 2.24. The molecule has 3 rings (SSSR count). The van der Waals surface area contributed by atoms with Crippen molar-refractivity contribution in [1.29, 1.82) is 0 Å². The predicted molar refractivity (Wildman–Crippen MR) is 81.3 cm³/mol. The quantitative estimate of drug-likeness (QED) is 0.829. The van der Waals surface area contributed by atoms with Gasteiger partial charge in [-0.15, -0.1) is 0 Å². The lowest BCUT2D eigenvalue weighted by atomic mass is 10.0. The van der Waals surface area contributed by atoms with Crippen LogP contribution in [0.1, 0.15) is 11.1 Å². The van der Waals surface area contributed by atoms with E-state index in [9.17, 15) is 0 Å². The molecule has 2 nitrogen and oxygen atoms in total. The highest BCUT2D eigenvalue weighted by Gasteiger charge is 2.15. The van der Waals surface area contributed by atoms with Crippen LogP contribution in [-0.4, -0.2) is 13.7 Å². The molecule has 0 radical (unpaired) electrons. The SMILES string of the molecule is COc1ccc(C2=CCOC2=Cc2ccccc2)cc1. The molecule has 0 fully saturated rings. The zero-order valence-electron chi connectivity index (χ0n) is 11.4. The van der Waals surface area contributed by atoms with Crippen LogP contribution in [0.15, 0.2) is 66.4 Å². The summed E-state index contributed by atoms with van der Waals surface area (Å²) < 4.78 is 10.9. The Kier molecular flexibility index (Phi) is 3.55. The molecule has 0 spiro atoms. The molecule has 0 aliphatic carbocycles. The molecule has 1 aliphatic heterocycles. The molecule has 0 N–H and O–H groups in total. The van der Waals surface area contributed by atoms with Gasteiger partial charge in [0.05, 0.1) is 7.11 Å².